The highest BCUT2D eigenvalue weighted by atomic mass is 35.5. The van der Waals surface area contributed by atoms with Gasteiger partial charge in [0.15, 0.2) is 0 Å². The third kappa shape index (κ3) is 23.4. The molecule has 7 nitrogen and oxygen atoms in total. The molecule has 26 heavy (non-hydrogen) atoms. The molecule has 0 radical (unpaired) electrons. The number of rotatable bonds is 5. The van der Waals surface area contributed by atoms with Crippen LogP contribution in [0.3, 0.4) is 0 Å². The van der Waals surface area contributed by atoms with E-state index in [1.165, 1.54) is 32.4 Å². The van der Waals surface area contributed by atoms with Crippen LogP contribution >= 0.6 is 23.2 Å². The Balaban J connectivity index is -0.000000397. The van der Waals surface area contributed by atoms with E-state index in [-0.39, 0.29) is 16.0 Å². The van der Waals surface area contributed by atoms with Crippen LogP contribution in [0.2, 0.25) is 0 Å². The lowest BCUT2D eigenvalue weighted by Gasteiger charge is -1.96. The van der Waals surface area contributed by atoms with Crippen molar-refractivity contribution in [1.82, 2.24) is 0 Å². The Morgan fingerprint density at radius 3 is 1.81 bits per heavy atom. The molecule has 1 N–H and O–H groups in total. The minimum Gasteiger partial charge on any atom is -0.478 e. The number of ether oxygens (including phenoxy) is 2. The molecule has 0 amide bonds. The number of carbonyl (C=O) groups excluding carboxylic acids is 2. The zero-order valence-electron chi connectivity index (χ0n) is 14.5. The van der Waals surface area contributed by atoms with Crippen LogP contribution in [0.1, 0.15) is 6.92 Å². The highest BCUT2D eigenvalue weighted by molar-refractivity contribution is 6.55. The summed E-state index contributed by atoms with van der Waals surface area (Å²) in [5.74, 6) is -2.11. The highest BCUT2D eigenvalue weighted by Crippen LogP contribution is 2.00. The average molecular weight is 404 g/mol. The largest absolute Gasteiger partial charge is 0.478 e. The Morgan fingerprint density at radius 1 is 1.08 bits per heavy atom. The topological polar surface area (TPSA) is 114 Å². The Hall–Kier alpha value is -2.82. The van der Waals surface area contributed by atoms with Gasteiger partial charge in [-0.05, 0) is 19.1 Å². The number of hydrogen-bond donors (Lipinski definition) is 1. The number of carboxylic acid groups (broad SMARTS) is 1. The minimum absolute atomic E-state index is 0.0940. The number of allylic oxidation sites excluding steroid dienone is 3. The second-order valence-corrected chi connectivity index (χ2v) is 4.99. The third-order valence-corrected chi connectivity index (χ3v) is 1.81. The predicted molar refractivity (Wildman–Crippen MR) is 99.3 cm³/mol. The molecule has 142 valence electrons. The molecule has 0 bridgehead atoms. The lowest BCUT2D eigenvalue weighted by molar-refractivity contribution is -0.136. The number of aliphatic carboxylic acids is 1. The van der Waals surface area contributed by atoms with E-state index in [4.69, 9.17) is 33.6 Å². The van der Waals surface area contributed by atoms with Crippen molar-refractivity contribution in [2.24, 2.45) is 0 Å². The van der Waals surface area contributed by atoms with Crippen molar-refractivity contribution >= 4 is 41.1 Å². The first-order valence-corrected chi connectivity index (χ1v) is 7.28. The molecule has 0 rings (SSSR count). The summed E-state index contributed by atoms with van der Waals surface area (Å²) in [6.45, 7) is 8.04. The molecule has 0 spiro atoms. The zero-order valence-corrected chi connectivity index (χ0v) is 16.0. The summed E-state index contributed by atoms with van der Waals surface area (Å²) in [6.07, 6.45) is 5.61. The molecule has 0 saturated carbocycles. The van der Waals surface area contributed by atoms with E-state index in [0.717, 1.165) is 12.2 Å². The zero-order chi connectivity index (χ0) is 21.1. The van der Waals surface area contributed by atoms with Crippen LogP contribution in [0.5, 0.6) is 0 Å². The van der Waals surface area contributed by atoms with E-state index < -0.39 is 11.9 Å². The molecule has 0 unspecified atom stereocenters. The molecule has 0 fully saturated rings. The fraction of sp³-hybridized carbons (Fsp3) is 0.176. The number of methoxy groups -OCH3 is 2. The summed E-state index contributed by atoms with van der Waals surface area (Å²) in [7, 11) is 2.52. The molecule has 0 saturated heterocycles. The molecule has 0 aliphatic carbocycles. The van der Waals surface area contributed by atoms with E-state index in [2.05, 4.69) is 22.6 Å². The predicted octanol–water partition coefficient (Wildman–Crippen LogP) is 3.48. The van der Waals surface area contributed by atoms with Gasteiger partial charge in [-0.1, -0.05) is 42.4 Å². The molecule has 0 aromatic heterocycles. The number of esters is 2. The van der Waals surface area contributed by atoms with Crippen molar-refractivity contribution in [2.75, 3.05) is 14.2 Å². The minimum atomic E-state index is -1.13. The lowest BCUT2D eigenvalue weighted by Crippen LogP contribution is -2.02. The summed E-state index contributed by atoms with van der Waals surface area (Å²) >= 11 is 9.69. The first kappa shape index (κ1) is 28.0. The molecular weight excluding hydrogens is 385 g/mol. The number of carbonyl (C=O) groups is 3. The highest BCUT2D eigenvalue weighted by Gasteiger charge is 2.03. The van der Waals surface area contributed by atoms with Gasteiger partial charge in [0.1, 0.15) is 0 Å². The van der Waals surface area contributed by atoms with Gasteiger partial charge < -0.3 is 14.6 Å². The van der Waals surface area contributed by atoms with E-state index in [0.29, 0.717) is 5.57 Å². The van der Waals surface area contributed by atoms with Crippen LogP contribution in [-0.2, 0) is 23.9 Å². The van der Waals surface area contributed by atoms with Gasteiger partial charge in [0, 0.05) is 17.7 Å². The number of hydrogen-bond acceptors (Lipinski definition) is 6. The van der Waals surface area contributed by atoms with E-state index >= 15 is 0 Å². The van der Waals surface area contributed by atoms with Crippen LogP contribution in [-0.4, -0.2) is 37.2 Å². The Kier molecular flexibility index (Phi) is 19.9. The normalized spacial score (nSPS) is 9.77. The SMILES string of the molecule is C=C(C)C(=O)OC.C=C(Cl)Cl.COC(=O)C(C=CC#N)=CC=CC(=O)O. The maximum atomic E-state index is 11.1. The van der Waals surface area contributed by atoms with E-state index in [9.17, 15) is 14.4 Å². The van der Waals surface area contributed by atoms with Crippen molar-refractivity contribution < 1.29 is 29.0 Å². The second-order valence-electron chi connectivity index (χ2n) is 3.88. The molecule has 0 aliphatic heterocycles. The molecule has 0 atom stereocenters. The first-order chi connectivity index (χ1) is 12.0. The van der Waals surface area contributed by atoms with Crippen LogP contribution in [0.4, 0.5) is 0 Å². The quantitative estimate of drug-likeness (QED) is 0.323. The Bertz CT molecular complexity index is 638. The van der Waals surface area contributed by atoms with Gasteiger partial charge in [0.2, 0.25) is 0 Å². The summed E-state index contributed by atoms with van der Waals surface area (Å²) in [6, 6.07) is 1.71. The molecule has 9 heteroatoms. The molecule has 0 aromatic carbocycles. The average Bonchev–Trinajstić information content (AvgIpc) is 2.56. The van der Waals surface area contributed by atoms with Crippen molar-refractivity contribution in [2.45, 2.75) is 6.92 Å². The summed E-state index contributed by atoms with van der Waals surface area (Å²) in [5, 5.41) is 16.6. The monoisotopic (exact) mass is 403 g/mol. The van der Waals surface area contributed by atoms with Crippen LogP contribution in [0.15, 0.2) is 59.2 Å². The first-order valence-electron chi connectivity index (χ1n) is 6.52. The van der Waals surface area contributed by atoms with Gasteiger partial charge in [-0.15, -0.1) is 0 Å². The van der Waals surface area contributed by atoms with Gasteiger partial charge in [-0.25, -0.2) is 14.4 Å². The van der Waals surface area contributed by atoms with Crippen molar-refractivity contribution in [1.29, 1.82) is 5.26 Å². The van der Waals surface area contributed by atoms with E-state index in [1.54, 1.807) is 13.0 Å². The maximum Gasteiger partial charge on any atom is 0.337 e. The van der Waals surface area contributed by atoms with Crippen LogP contribution < -0.4 is 0 Å². The van der Waals surface area contributed by atoms with Gasteiger partial charge in [0.25, 0.3) is 0 Å². The van der Waals surface area contributed by atoms with Gasteiger partial charge in [0.05, 0.1) is 30.4 Å². The third-order valence-electron chi connectivity index (χ3n) is 1.81. The summed E-state index contributed by atoms with van der Waals surface area (Å²) < 4.78 is 8.80. The van der Waals surface area contributed by atoms with Crippen molar-refractivity contribution in [3.8, 4) is 6.07 Å². The smallest absolute Gasteiger partial charge is 0.337 e. The van der Waals surface area contributed by atoms with Crippen LogP contribution in [0, 0.1) is 11.3 Å². The standard InChI is InChI=1S/C10H9NO4.C5H8O2.C2H2Cl2/c1-15-10(14)8(5-3-7-11)4-2-6-9(12)13;1-4(2)5(6)7-3;1-2(3)4/h2-6H,1H3,(H,12,13);1H2,2-3H3;1H2. The van der Waals surface area contributed by atoms with E-state index in [1.807, 2.05) is 0 Å². The van der Waals surface area contributed by atoms with Crippen molar-refractivity contribution in [3.05, 3.63) is 59.2 Å². The molecular formula is C17H19Cl2NO6. The van der Waals surface area contributed by atoms with Crippen molar-refractivity contribution in [3.63, 3.8) is 0 Å². The number of nitrogens with zero attached hydrogens (tertiary/aromatic N) is 1. The summed E-state index contributed by atoms with van der Waals surface area (Å²) in [4.78, 5) is 31.4. The van der Waals surface area contributed by atoms with Gasteiger partial charge >= 0.3 is 17.9 Å². The number of carboxylic acids is 1. The molecule has 0 aromatic rings. The number of halogens is 2. The fourth-order valence-corrected chi connectivity index (χ4v) is 0.845. The van der Waals surface area contributed by atoms with Gasteiger partial charge in [-0.2, -0.15) is 5.26 Å². The molecule has 0 heterocycles. The maximum absolute atomic E-state index is 11.1. The van der Waals surface area contributed by atoms with Crippen LogP contribution in [0.25, 0.3) is 0 Å². The molecule has 0 aliphatic rings. The van der Waals surface area contributed by atoms with Gasteiger partial charge in [-0.3, -0.25) is 0 Å². The summed E-state index contributed by atoms with van der Waals surface area (Å²) in [5.41, 5.74) is 0.527. The Labute approximate surface area is 162 Å². The lowest BCUT2D eigenvalue weighted by atomic mass is 10.2. The number of nitriles is 1. The second kappa shape index (κ2) is 18.5. The fourth-order valence-electron chi connectivity index (χ4n) is 0.845. The Morgan fingerprint density at radius 2 is 1.54 bits per heavy atom.